The Morgan fingerprint density at radius 3 is 2.42 bits per heavy atom. The zero-order valence-electron chi connectivity index (χ0n) is 13.0. The third kappa shape index (κ3) is 1.98. The lowest BCUT2D eigenvalue weighted by Crippen LogP contribution is -2.10. The number of para-hydroxylation sites is 4. The van der Waals surface area contributed by atoms with E-state index < -0.39 is 0 Å². The van der Waals surface area contributed by atoms with E-state index in [0.29, 0.717) is 0 Å². The standard InChI is InChI=1S/C21H16N2O/c1-3-9-17-14(7-1)16(13-22-17)21-15-8-2-5-11-19(15)24-20-12-6-4-10-18(20)23-21/h1-13,21-23H. The van der Waals surface area contributed by atoms with Crippen molar-refractivity contribution in [2.45, 2.75) is 6.04 Å². The van der Waals surface area contributed by atoms with E-state index in [-0.39, 0.29) is 6.04 Å². The van der Waals surface area contributed by atoms with Gasteiger partial charge in [-0.2, -0.15) is 0 Å². The molecular weight excluding hydrogens is 296 g/mol. The first kappa shape index (κ1) is 13.3. The Bertz CT molecular complexity index is 1030. The highest BCUT2D eigenvalue weighted by atomic mass is 16.5. The molecule has 24 heavy (non-hydrogen) atoms. The zero-order chi connectivity index (χ0) is 15.9. The van der Waals surface area contributed by atoms with E-state index in [1.165, 1.54) is 10.9 Å². The summed E-state index contributed by atoms with van der Waals surface area (Å²) in [4.78, 5) is 3.38. The van der Waals surface area contributed by atoms with Gasteiger partial charge in [-0.15, -0.1) is 0 Å². The molecule has 0 bridgehead atoms. The molecule has 0 saturated heterocycles. The van der Waals surface area contributed by atoms with E-state index in [2.05, 4.69) is 59.0 Å². The molecule has 1 unspecified atom stereocenters. The lowest BCUT2D eigenvalue weighted by Gasteiger charge is -2.18. The minimum atomic E-state index is 0.0287. The maximum Gasteiger partial charge on any atom is 0.150 e. The molecule has 2 heterocycles. The topological polar surface area (TPSA) is 37.0 Å². The number of aromatic nitrogens is 1. The lowest BCUT2D eigenvalue weighted by atomic mass is 9.97. The summed E-state index contributed by atoms with van der Waals surface area (Å²) in [5.74, 6) is 1.75. The van der Waals surface area contributed by atoms with Gasteiger partial charge in [0.2, 0.25) is 0 Å². The quantitative estimate of drug-likeness (QED) is 0.488. The molecule has 116 valence electrons. The van der Waals surface area contributed by atoms with Gasteiger partial charge in [0.1, 0.15) is 5.75 Å². The first-order valence-electron chi connectivity index (χ1n) is 8.08. The second-order valence-electron chi connectivity index (χ2n) is 6.00. The van der Waals surface area contributed by atoms with Gasteiger partial charge in [0.15, 0.2) is 5.75 Å². The smallest absolute Gasteiger partial charge is 0.150 e. The second-order valence-corrected chi connectivity index (χ2v) is 6.00. The van der Waals surface area contributed by atoms with Gasteiger partial charge in [-0.25, -0.2) is 0 Å². The number of rotatable bonds is 1. The van der Waals surface area contributed by atoms with Gasteiger partial charge in [-0.3, -0.25) is 0 Å². The zero-order valence-corrected chi connectivity index (χ0v) is 13.0. The van der Waals surface area contributed by atoms with Crippen LogP contribution >= 0.6 is 0 Å². The number of H-pyrrole nitrogens is 1. The molecule has 0 radical (unpaired) electrons. The van der Waals surface area contributed by atoms with Crippen molar-refractivity contribution in [1.29, 1.82) is 0 Å². The summed E-state index contributed by atoms with van der Waals surface area (Å²) in [7, 11) is 0. The van der Waals surface area contributed by atoms with Crippen molar-refractivity contribution in [1.82, 2.24) is 4.98 Å². The molecule has 3 heteroatoms. The SMILES string of the molecule is c1ccc2c(c1)NC(c1c[nH]c3ccccc13)c1ccccc1O2. The van der Waals surface area contributed by atoms with Crippen molar-refractivity contribution in [3.8, 4) is 11.5 Å². The predicted molar refractivity (Wildman–Crippen MR) is 96.7 cm³/mol. The molecule has 0 saturated carbocycles. The lowest BCUT2D eigenvalue weighted by molar-refractivity contribution is 0.483. The van der Waals surface area contributed by atoms with Crippen molar-refractivity contribution in [2.24, 2.45) is 0 Å². The summed E-state index contributed by atoms with van der Waals surface area (Å²) in [5, 5.41) is 4.89. The highest BCUT2D eigenvalue weighted by Crippen LogP contribution is 2.43. The van der Waals surface area contributed by atoms with Crippen LogP contribution in [0.1, 0.15) is 17.2 Å². The molecular formula is C21H16N2O. The summed E-state index contributed by atoms with van der Waals surface area (Å²) in [6.07, 6.45) is 2.09. The molecule has 2 N–H and O–H groups in total. The maximum absolute atomic E-state index is 6.17. The van der Waals surface area contributed by atoms with E-state index in [0.717, 1.165) is 28.3 Å². The van der Waals surface area contributed by atoms with E-state index in [1.54, 1.807) is 0 Å². The Morgan fingerprint density at radius 1 is 0.708 bits per heavy atom. The Kier molecular flexibility index (Phi) is 2.85. The van der Waals surface area contributed by atoms with Gasteiger partial charge in [0.05, 0.1) is 11.7 Å². The molecule has 5 rings (SSSR count). The summed E-state index contributed by atoms with van der Waals surface area (Å²) in [6, 6.07) is 24.7. The van der Waals surface area contributed by atoms with Crippen molar-refractivity contribution in [2.75, 3.05) is 5.32 Å². The Morgan fingerprint density at radius 2 is 1.46 bits per heavy atom. The molecule has 1 atom stereocenters. The Labute approximate surface area is 139 Å². The number of anilines is 1. The van der Waals surface area contributed by atoms with Gasteiger partial charge in [-0.05, 0) is 24.3 Å². The summed E-state index contributed by atoms with van der Waals surface area (Å²) in [6.45, 7) is 0. The van der Waals surface area contributed by atoms with Crippen LogP contribution in [0.15, 0.2) is 79.0 Å². The average Bonchev–Trinajstić information content (AvgIpc) is 2.98. The van der Waals surface area contributed by atoms with E-state index >= 15 is 0 Å². The fourth-order valence-corrected chi connectivity index (χ4v) is 3.42. The Hall–Kier alpha value is -3.20. The van der Waals surface area contributed by atoms with E-state index in [9.17, 15) is 0 Å². The average molecular weight is 312 g/mol. The Balaban J connectivity index is 1.75. The van der Waals surface area contributed by atoms with E-state index in [4.69, 9.17) is 4.74 Å². The van der Waals surface area contributed by atoms with E-state index in [1.807, 2.05) is 30.3 Å². The first-order valence-corrected chi connectivity index (χ1v) is 8.08. The number of hydrogen-bond acceptors (Lipinski definition) is 2. The molecule has 1 aromatic heterocycles. The van der Waals surface area contributed by atoms with Crippen LogP contribution in [0.2, 0.25) is 0 Å². The van der Waals surface area contributed by atoms with Gasteiger partial charge in [0.25, 0.3) is 0 Å². The molecule has 3 nitrogen and oxygen atoms in total. The summed E-state index contributed by atoms with van der Waals surface area (Å²) >= 11 is 0. The van der Waals surface area contributed by atoms with Crippen LogP contribution in [0.4, 0.5) is 5.69 Å². The first-order chi connectivity index (χ1) is 11.9. The number of hydrogen-bond donors (Lipinski definition) is 2. The molecule has 0 fully saturated rings. The van der Waals surface area contributed by atoms with Gasteiger partial charge < -0.3 is 15.0 Å². The number of fused-ring (bicyclic) bond motifs is 3. The third-order valence-corrected chi connectivity index (χ3v) is 4.57. The highest BCUT2D eigenvalue weighted by molar-refractivity contribution is 5.85. The number of aromatic amines is 1. The van der Waals surface area contributed by atoms with Crippen LogP contribution in [-0.4, -0.2) is 4.98 Å². The predicted octanol–water partition coefficient (Wildman–Crippen LogP) is 5.48. The van der Waals surface area contributed by atoms with Crippen molar-refractivity contribution >= 4 is 16.6 Å². The van der Waals surface area contributed by atoms with Crippen molar-refractivity contribution in [3.05, 3.63) is 90.1 Å². The number of benzene rings is 3. The minimum absolute atomic E-state index is 0.0287. The van der Waals surface area contributed by atoms with Crippen molar-refractivity contribution in [3.63, 3.8) is 0 Å². The number of nitrogens with one attached hydrogen (secondary N) is 2. The van der Waals surface area contributed by atoms with Crippen LogP contribution in [0, 0.1) is 0 Å². The molecule has 1 aliphatic rings. The molecule has 0 amide bonds. The monoisotopic (exact) mass is 312 g/mol. The third-order valence-electron chi connectivity index (χ3n) is 4.57. The molecule has 0 spiro atoms. The van der Waals surface area contributed by atoms with Crippen LogP contribution in [-0.2, 0) is 0 Å². The fourth-order valence-electron chi connectivity index (χ4n) is 3.42. The normalized spacial score (nSPS) is 15.8. The molecule has 0 aliphatic carbocycles. The van der Waals surface area contributed by atoms with Gasteiger partial charge in [-0.1, -0.05) is 48.5 Å². The molecule has 3 aromatic carbocycles. The largest absolute Gasteiger partial charge is 0.455 e. The fraction of sp³-hybridized carbons (Fsp3) is 0.0476. The van der Waals surface area contributed by atoms with Crippen LogP contribution < -0.4 is 10.1 Å². The molecule has 4 aromatic rings. The number of ether oxygens (including phenoxy) is 1. The summed E-state index contributed by atoms with van der Waals surface area (Å²) in [5.41, 5.74) is 4.51. The summed E-state index contributed by atoms with van der Waals surface area (Å²) < 4.78 is 6.17. The second kappa shape index (κ2) is 5.17. The highest BCUT2D eigenvalue weighted by Gasteiger charge is 2.25. The van der Waals surface area contributed by atoms with Crippen molar-refractivity contribution < 1.29 is 4.74 Å². The minimum Gasteiger partial charge on any atom is -0.455 e. The maximum atomic E-state index is 6.17. The van der Waals surface area contributed by atoms with Crippen LogP contribution in [0.3, 0.4) is 0 Å². The van der Waals surface area contributed by atoms with Gasteiger partial charge >= 0.3 is 0 Å². The molecule has 1 aliphatic heterocycles. The van der Waals surface area contributed by atoms with Gasteiger partial charge in [0, 0.05) is 28.2 Å². The van der Waals surface area contributed by atoms with Crippen LogP contribution in [0.5, 0.6) is 11.5 Å². The van der Waals surface area contributed by atoms with Crippen LogP contribution in [0.25, 0.3) is 10.9 Å².